The van der Waals surface area contributed by atoms with E-state index in [0.29, 0.717) is 23.4 Å². The predicted octanol–water partition coefficient (Wildman–Crippen LogP) is 5.30. The van der Waals surface area contributed by atoms with Crippen LogP contribution in [0, 0.1) is 29.1 Å². The number of imide groups is 2. The van der Waals surface area contributed by atoms with E-state index in [0.717, 1.165) is 38.0 Å². The van der Waals surface area contributed by atoms with Gasteiger partial charge in [-0.3, -0.25) is 29.0 Å². The molecule has 4 fully saturated rings. The van der Waals surface area contributed by atoms with E-state index in [-0.39, 0.29) is 41.8 Å². The summed E-state index contributed by atoms with van der Waals surface area (Å²) in [6.07, 6.45) is 4.13. The molecule has 4 amide bonds. The van der Waals surface area contributed by atoms with Crippen molar-refractivity contribution in [2.24, 2.45) is 29.1 Å². The number of carbonyl (C=O) groups excluding carboxylic acids is 4. The molecule has 252 valence electrons. The predicted molar refractivity (Wildman–Crippen MR) is 182 cm³/mol. The summed E-state index contributed by atoms with van der Waals surface area (Å²) in [6, 6.07) is 24.1. The summed E-state index contributed by atoms with van der Waals surface area (Å²) in [4.78, 5) is 62.7. The Bertz CT molecular complexity index is 1850. The van der Waals surface area contributed by atoms with Crippen molar-refractivity contribution >= 4 is 29.3 Å². The fourth-order valence-corrected chi connectivity index (χ4v) is 9.64. The minimum atomic E-state index is -1.22. The van der Waals surface area contributed by atoms with Crippen LogP contribution < -0.4 is 9.64 Å². The zero-order chi connectivity index (χ0) is 34.0. The van der Waals surface area contributed by atoms with E-state index in [1.807, 2.05) is 37.3 Å². The number of methoxy groups -OCH3 is 1. The lowest BCUT2D eigenvalue weighted by Crippen LogP contribution is -2.49. The summed E-state index contributed by atoms with van der Waals surface area (Å²) in [5.74, 6) is -3.45. The molecule has 3 aliphatic heterocycles. The summed E-state index contributed by atoms with van der Waals surface area (Å²) in [5.41, 5.74) is 1.89. The highest BCUT2D eigenvalue weighted by atomic mass is 16.5. The molecule has 6 atom stereocenters. The lowest BCUT2D eigenvalue weighted by atomic mass is 9.51. The van der Waals surface area contributed by atoms with Crippen molar-refractivity contribution < 1.29 is 29.0 Å². The number of para-hydroxylation sites is 1. The van der Waals surface area contributed by atoms with Crippen LogP contribution in [0.5, 0.6) is 11.5 Å². The van der Waals surface area contributed by atoms with Crippen LogP contribution in [-0.4, -0.2) is 64.8 Å². The van der Waals surface area contributed by atoms with Gasteiger partial charge in [-0.15, -0.1) is 0 Å². The fraction of sp³-hybridized carbons (Fsp3) is 0.400. The van der Waals surface area contributed by atoms with Crippen LogP contribution in [0.2, 0.25) is 0 Å². The summed E-state index contributed by atoms with van der Waals surface area (Å²) in [6.45, 7) is 4.26. The Morgan fingerprint density at radius 3 is 2.22 bits per heavy atom. The number of hydrogen-bond acceptors (Lipinski definition) is 7. The molecule has 9 nitrogen and oxygen atoms in total. The standard InChI is InChI=1S/C40H41N3O6/c1-40-32(37(46)43(39(40)48)25-11-7-4-8-12-25)22-31-28(35(40)29-14-13-27(49-2)21-33(29)44)15-16-30-34(31)38(47)42(36(30)45)26-17-19-41(20-18-26)23-24-9-5-3-6-10-24/h3-15,21,26,30-32,34-35,44H,16-20,22-23H2,1-2H3/t30-,31+,32-,34-,35+,40+/m0/s1. The number of hydrogen-bond donors (Lipinski definition) is 1. The molecule has 3 saturated heterocycles. The van der Waals surface area contributed by atoms with Crippen molar-refractivity contribution in [3.63, 3.8) is 0 Å². The topological polar surface area (TPSA) is 107 Å². The minimum absolute atomic E-state index is 0.0378. The number of rotatable bonds is 6. The van der Waals surface area contributed by atoms with Crippen LogP contribution in [0.4, 0.5) is 5.69 Å². The molecule has 0 unspecified atom stereocenters. The smallest absolute Gasteiger partial charge is 0.241 e. The Morgan fingerprint density at radius 2 is 1.55 bits per heavy atom. The van der Waals surface area contributed by atoms with Gasteiger partial charge in [0.05, 0.1) is 36.0 Å². The largest absolute Gasteiger partial charge is 0.508 e. The number of aromatic hydroxyl groups is 1. The molecule has 49 heavy (non-hydrogen) atoms. The second kappa shape index (κ2) is 12.0. The highest BCUT2D eigenvalue weighted by molar-refractivity contribution is 6.24. The Balaban J connectivity index is 1.13. The number of carbonyl (C=O) groups is 4. The third kappa shape index (κ3) is 4.84. The van der Waals surface area contributed by atoms with Crippen LogP contribution in [-0.2, 0) is 25.7 Å². The number of fused-ring (bicyclic) bond motifs is 4. The lowest BCUT2D eigenvalue weighted by molar-refractivity contribution is -0.144. The number of anilines is 1. The highest BCUT2D eigenvalue weighted by Crippen LogP contribution is 2.64. The van der Waals surface area contributed by atoms with Crippen LogP contribution in [0.1, 0.15) is 49.7 Å². The number of ether oxygens (including phenoxy) is 1. The molecule has 3 aromatic rings. The number of amides is 4. The van der Waals surface area contributed by atoms with Gasteiger partial charge in [-0.05, 0) is 62.3 Å². The molecule has 2 aliphatic carbocycles. The second-order valence-corrected chi connectivity index (χ2v) is 14.5. The molecule has 3 heterocycles. The lowest BCUT2D eigenvalue weighted by Gasteiger charge is -2.49. The molecule has 3 aromatic carbocycles. The third-order valence-electron chi connectivity index (χ3n) is 12.0. The zero-order valence-electron chi connectivity index (χ0n) is 27.8. The van der Waals surface area contributed by atoms with Gasteiger partial charge in [-0.2, -0.15) is 0 Å². The number of allylic oxidation sites excluding steroid dienone is 2. The third-order valence-corrected chi connectivity index (χ3v) is 12.0. The molecule has 0 spiro atoms. The van der Waals surface area contributed by atoms with Crippen LogP contribution in [0.3, 0.4) is 0 Å². The quantitative estimate of drug-likeness (QED) is 0.283. The Kier molecular flexibility index (Phi) is 7.70. The number of nitrogens with zero attached hydrogens (tertiary/aromatic N) is 3. The van der Waals surface area contributed by atoms with E-state index >= 15 is 0 Å². The van der Waals surface area contributed by atoms with Crippen molar-refractivity contribution in [1.82, 2.24) is 9.80 Å². The van der Waals surface area contributed by atoms with E-state index in [4.69, 9.17) is 4.74 Å². The van der Waals surface area contributed by atoms with E-state index in [9.17, 15) is 24.3 Å². The maximum Gasteiger partial charge on any atom is 0.241 e. The molecule has 0 aromatic heterocycles. The number of phenolic OH excluding ortho intramolecular Hbond substituents is 1. The van der Waals surface area contributed by atoms with E-state index in [2.05, 4.69) is 17.0 Å². The molecule has 5 aliphatic rings. The molecule has 1 N–H and O–H groups in total. The van der Waals surface area contributed by atoms with Gasteiger partial charge >= 0.3 is 0 Å². The molecular formula is C40H41N3O6. The summed E-state index contributed by atoms with van der Waals surface area (Å²) < 4.78 is 5.36. The van der Waals surface area contributed by atoms with Gasteiger partial charge in [-0.1, -0.05) is 66.2 Å². The van der Waals surface area contributed by atoms with Crippen LogP contribution >= 0.6 is 0 Å². The first kappa shape index (κ1) is 31.5. The minimum Gasteiger partial charge on any atom is -0.508 e. The van der Waals surface area contributed by atoms with Gasteiger partial charge in [0.1, 0.15) is 11.5 Å². The van der Waals surface area contributed by atoms with Gasteiger partial charge < -0.3 is 9.84 Å². The first-order chi connectivity index (χ1) is 23.7. The van der Waals surface area contributed by atoms with Gasteiger partial charge in [0.2, 0.25) is 23.6 Å². The van der Waals surface area contributed by atoms with Gasteiger partial charge in [0.15, 0.2) is 0 Å². The van der Waals surface area contributed by atoms with Crippen molar-refractivity contribution in [3.8, 4) is 11.5 Å². The Morgan fingerprint density at radius 1 is 0.857 bits per heavy atom. The van der Waals surface area contributed by atoms with Gasteiger partial charge in [0, 0.05) is 43.2 Å². The normalized spacial score (nSPS) is 30.2. The van der Waals surface area contributed by atoms with E-state index in [1.54, 1.807) is 41.3 Å². The molecule has 0 bridgehead atoms. The Labute approximate surface area is 286 Å². The zero-order valence-corrected chi connectivity index (χ0v) is 27.8. The van der Waals surface area contributed by atoms with E-state index < -0.39 is 35.0 Å². The monoisotopic (exact) mass is 659 g/mol. The molecule has 9 heteroatoms. The maximum atomic E-state index is 14.5. The van der Waals surface area contributed by atoms with Crippen LogP contribution in [0.25, 0.3) is 0 Å². The summed E-state index contributed by atoms with van der Waals surface area (Å²) in [5, 5.41) is 11.4. The molecular weight excluding hydrogens is 618 g/mol. The fourth-order valence-electron chi connectivity index (χ4n) is 9.64. The van der Waals surface area contributed by atoms with Crippen molar-refractivity contribution in [2.45, 2.75) is 51.1 Å². The second-order valence-electron chi connectivity index (χ2n) is 14.5. The van der Waals surface area contributed by atoms with Gasteiger partial charge in [-0.25, -0.2) is 4.90 Å². The van der Waals surface area contributed by atoms with Crippen molar-refractivity contribution in [2.75, 3.05) is 25.1 Å². The molecule has 0 radical (unpaired) electrons. The maximum absolute atomic E-state index is 14.5. The number of phenols is 1. The summed E-state index contributed by atoms with van der Waals surface area (Å²) in [7, 11) is 1.52. The van der Waals surface area contributed by atoms with Crippen molar-refractivity contribution in [3.05, 3.63) is 102 Å². The summed E-state index contributed by atoms with van der Waals surface area (Å²) >= 11 is 0. The van der Waals surface area contributed by atoms with Crippen molar-refractivity contribution in [1.29, 1.82) is 0 Å². The number of piperidine rings is 1. The number of benzene rings is 3. The first-order valence-electron chi connectivity index (χ1n) is 17.4. The molecule has 1 saturated carbocycles. The van der Waals surface area contributed by atoms with E-state index in [1.165, 1.54) is 23.6 Å². The molecule has 8 rings (SSSR count). The van der Waals surface area contributed by atoms with Crippen LogP contribution in [0.15, 0.2) is 90.5 Å². The average Bonchev–Trinajstić information content (AvgIpc) is 3.49. The highest BCUT2D eigenvalue weighted by Gasteiger charge is 2.68. The average molecular weight is 660 g/mol. The first-order valence-corrected chi connectivity index (χ1v) is 17.4. The number of likely N-dealkylation sites (tertiary alicyclic amines) is 2. The Hall–Kier alpha value is -4.76. The van der Waals surface area contributed by atoms with Gasteiger partial charge in [0.25, 0.3) is 0 Å². The SMILES string of the molecule is COc1ccc([C@H]2C3=CC[C@@H]4C(=O)N(C5CCN(Cc6ccccc6)CC5)C(=O)[C@@H]4[C@@H]3C[C@H]3C(=O)N(c4ccccc4)C(=O)[C@@]23C)c(O)c1.